The van der Waals surface area contributed by atoms with Gasteiger partial charge in [-0.2, -0.15) is 0 Å². The van der Waals surface area contributed by atoms with Crippen molar-refractivity contribution in [2.75, 3.05) is 33.4 Å². The first kappa shape index (κ1) is 18.9. The molecular weight excluding hydrogens is 354 g/mol. The van der Waals surface area contributed by atoms with E-state index in [1.54, 1.807) is 13.3 Å². The van der Waals surface area contributed by atoms with E-state index in [1.807, 2.05) is 47.5 Å². The van der Waals surface area contributed by atoms with Crippen LogP contribution in [0.1, 0.15) is 24.4 Å². The zero-order valence-corrected chi connectivity index (χ0v) is 16.2. The van der Waals surface area contributed by atoms with E-state index in [4.69, 9.17) is 9.47 Å². The first-order valence-corrected chi connectivity index (χ1v) is 9.90. The van der Waals surface area contributed by atoms with E-state index in [0.717, 1.165) is 38.2 Å². The SMILES string of the molecule is COC1CN(C2CCN(C(=O)COc3ccccc3)CC2)C1c1cccnc1. The molecule has 2 aliphatic heterocycles. The molecule has 0 N–H and O–H groups in total. The summed E-state index contributed by atoms with van der Waals surface area (Å²) in [5, 5.41) is 0. The molecule has 0 bridgehead atoms. The highest BCUT2D eigenvalue weighted by Gasteiger charge is 2.44. The third-order valence-electron chi connectivity index (χ3n) is 5.82. The minimum atomic E-state index is 0.0597. The molecule has 0 saturated carbocycles. The molecule has 6 nitrogen and oxygen atoms in total. The van der Waals surface area contributed by atoms with E-state index < -0.39 is 0 Å². The van der Waals surface area contributed by atoms with Crippen LogP contribution in [0, 0.1) is 0 Å². The van der Waals surface area contributed by atoms with Crippen LogP contribution in [0.5, 0.6) is 5.75 Å². The Morgan fingerprint density at radius 2 is 1.93 bits per heavy atom. The summed E-state index contributed by atoms with van der Waals surface area (Å²) < 4.78 is 11.3. The monoisotopic (exact) mass is 381 g/mol. The van der Waals surface area contributed by atoms with E-state index in [9.17, 15) is 4.79 Å². The van der Waals surface area contributed by atoms with Crippen LogP contribution in [0.25, 0.3) is 0 Å². The number of pyridine rings is 1. The normalized spacial score (nSPS) is 23.2. The number of piperidine rings is 1. The second-order valence-electron chi connectivity index (χ2n) is 7.42. The van der Waals surface area contributed by atoms with Crippen molar-refractivity contribution in [3.8, 4) is 5.75 Å². The number of carbonyl (C=O) groups excluding carboxylic acids is 1. The van der Waals surface area contributed by atoms with Gasteiger partial charge >= 0.3 is 0 Å². The largest absolute Gasteiger partial charge is 0.484 e. The van der Waals surface area contributed by atoms with Crippen LogP contribution < -0.4 is 4.74 Å². The number of aromatic nitrogens is 1. The molecule has 2 aliphatic rings. The molecule has 4 rings (SSSR count). The molecule has 2 fully saturated rings. The molecule has 28 heavy (non-hydrogen) atoms. The number of ether oxygens (including phenoxy) is 2. The highest BCUT2D eigenvalue weighted by atomic mass is 16.5. The summed E-state index contributed by atoms with van der Waals surface area (Å²) in [5.74, 6) is 0.792. The first-order chi connectivity index (χ1) is 13.8. The van der Waals surface area contributed by atoms with Gasteiger partial charge in [0.25, 0.3) is 5.91 Å². The van der Waals surface area contributed by atoms with Gasteiger partial charge in [0.1, 0.15) is 5.75 Å². The Labute approximate surface area is 166 Å². The predicted molar refractivity (Wildman–Crippen MR) is 106 cm³/mol. The Morgan fingerprint density at radius 1 is 1.14 bits per heavy atom. The molecule has 2 saturated heterocycles. The van der Waals surface area contributed by atoms with Crippen LogP contribution in [0.2, 0.25) is 0 Å². The van der Waals surface area contributed by atoms with Gasteiger partial charge in [0, 0.05) is 45.2 Å². The molecule has 0 aliphatic carbocycles. The van der Waals surface area contributed by atoms with Crippen LogP contribution in [-0.4, -0.2) is 66.2 Å². The minimum Gasteiger partial charge on any atom is -0.484 e. The molecule has 148 valence electrons. The fraction of sp³-hybridized carbons (Fsp3) is 0.455. The molecule has 2 aromatic rings. The van der Waals surface area contributed by atoms with Crippen molar-refractivity contribution in [1.82, 2.24) is 14.8 Å². The first-order valence-electron chi connectivity index (χ1n) is 9.90. The summed E-state index contributed by atoms with van der Waals surface area (Å²) in [6.07, 6.45) is 5.90. The summed E-state index contributed by atoms with van der Waals surface area (Å²) in [5.41, 5.74) is 1.20. The zero-order chi connectivity index (χ0) is 19.3. The third kappa shape index (κ3) is 4.03. The van der Waals surface area contributed by atoms with E-state index in [0.29, 0.717) is 6.04 Å². The molecule has 1 aromatic carbocycles. The lowest BCUT2D eigenvalue weighted by atomic mass is 9.87. The number of hydrogen-bond acceptors (Lipinski definition) is 5. The summed E-state index contributed by atoms with van der Waals surface area (Å²) in [6, 6.07) is 14.3. The lowest BCUT2D eigenvalue weighted by Gasteiger charge is -2.52. The van der Waals surface area contributed by atoms with Crippen LogP contribution in [0.3, 0.4) is 0 Å². The maximum absolute atomic E-state index is 12.5. The standard InChI is InChI=1S/C22H27N3O3/c1-27-20-15-25(22(20)17-6-5-11-23-14-17)18-9-12-24(13-10-18)21(26)16-28-19-7-3-2-4-8-19/h2-8,11,14,18,20,22H,9-10,12-13,15-16H2,1H3. The van der Waals surface area contributed by atoms with E-state index >= 15 is 0 Å². The highest BCUT2D eigenvalue weighted by molar-refractivity contribution is 5.77. The zero-order valence-electron chi connectivity index (χ0n) is 16.2. The van der Waals surface area contributed by atoms with Crippen LogP contribution in [0.15, 0.2) is 54.9 Å². The van der Waals surface area contributed by atoms with Gasteiger partial charge in [-0.3, -0.25) is 14.7 Å². The summed E-state index contributed by atoms with van der Waals surface area (Å²) in [4.78, 5) is 21.2. The minimum absolute atomic E-state index is 0.0597. The highest BCUT2D eigenvalue weighted by Crippen LogP contribution is 2.39. The lowest BCUT2D eigenvalue weighted by Crippen LogP contribution is -2.60. The van der Waals surface area contributed by atoms with Crippen molar-refractivity contribution < 1.29 is 14.3 Å². The van der Waals surface area contributed by atoms with Crippen LogP contribution in [-0.2, 0) is 9.53 Å². The van der Waals surface area contributed by atoms with Gasteiger partial charge in [0.15, 0.2) is 6.61 Å². The molecule has 3 heterocycles. The average Bonchev–Trinajstić information content (AvgIpc) is 2.74. The Morgan fingerprint density at radius 3 is 2.61 bits per heavy atom. The number of methoxy groups -OCH3 is 1. The van der Waals surface area contributed by atoms with E-state index in [1.165, 1.54) is 5.56 Å². The van der Waals surface area contributed by atoms with Crippen molar-refractivity contribution in [1.29, 1.82) is 0 Å². The smallest absolute Gasteiger partial charge is 0.260 e. The topological polar surface area (TPSA) is 54.9 Å². The van der Waals surface area contributed by atoms with Crippen molar-refractivity contribution in [3.05, 3.63) is 60.4 Å². The van der Waals surface area contributed by atoms with Gasteiger partial charge in [-0.15, -0.1) is 0 Å². The van der Waals surface area contributed by atoms with E-state index in [2.05, 4.69) is 16.0 Å². The fourth-order valence-electron chi connectivity index (χ4n) is 4.23. The Bertz CT molecular complexity index is 763. The van der Waals surface area contributed by atoms with Crippen molar-refractivity contribution in [2.24, 2.45) is 0 Å². The fourth-order valence-corrected chi connectivity index (χ4v) is 4.23. The third-order valence-corrected chi connectivity index (χ3v) is 5.82. The molecule has 1 aromatic heterocycles. The predicted octanol–water partition coefficient (Wildman–Crippen LogP) is 2.52. The number of likely N-dealkylation sites (tertiary alicyclic amines) is 2. The molecule has 6 heteroatoms. The van der Waals surface area contributed by atoms with Crippen molar-refractivity contribution in [3.63, 3.8) is 0 Å². The number of para-hydroxylation sites is 1. The Hall–Kier alpha value is -2.44. The van der Waals surface area contributed by atoms with Gasteiger partial charge < -0.3 is 14.4 Å². The molecule has 2 atom stereocenters. The quantitative estimate of drug-likeness (QED) is 0.770. The molecule has 2 unspecified atom stereocenters. The Balaban J connectivity index is 1.29. The lowest BCUT2D eigenvalue weighted by molar-refractivity contribution is -0.139. The number of rotatable bonds is 6. The Kier molecular flexibility index (Phi) is 5.88. The maximum atomic E-state index is 12.5. The molecular formula is C22H27N3O3. The van der Waals surface area contributed by atoms with Crippen LogP contribution >= 0.6 is 0 Å². The number of carbonyl (C=O) groups is 1. The molecule has 0 spiro atoms. The van der Waals surface area contributed by atoms with E-state index in [-0.39, 0.29) is 24.7 Å². The number of nitrogens with zero attached hydrogens (tertiary/aromatic N) is 3. The van der Waals surface area contributed by atoms with Crippen LogP contribution in [0.4, 0.5) is 0 Å². The number of hydrogen-bond donors (Lipinski definition) is 0. The maximum Gasteiger partial charge on any atom is 0.260 e. The van der Waals surface area contributed by atoms with Gasteiger partial charge in [-0.25, -0.2) is 0 Å². The summed E-state index contributed by atoms with van der Waals surface area (Å²) >= 11 is 0. The average molecular weight is 381 g/mol. The summed E-state index contributed by atoms with van der Waals surface area (Å²) in [6.45, 7) is 2.58. The second-order valence-corrected chi connectivity index (χ2v) is 7.42. The second kappa shape index (κ2) is 8.71. The van der Waals surface area contributed by atoms with Gasteiger partial charge in [-0.05, 0) is 36.6 Å². The number of benzene rings is 1. The summed E-state index contributed by atoms with van der Waals surface area (Å²) in [7, 11) is 1.78. The van der Waals surface area contributed by atoms with Gasteiger partial charge in [0.05, 0.1) is 12.1 Å². The van der Waals surface area contributed by atoms with Crippen molar-refractivity contribution >= 4 is 5.91 Å². The van der Waals surface area contributed by atoms with Crippen molar-refractivity contribution in [2.45, 2.75) is 31.0 Å². The molecule has 0 radical (unpaired) electrons. The van der Waals surface area contributed by atoms with Gasteiger partial charge in [-0.1, -0.05) is 24.3 Å². The van der Waals surface area contributed by atoms with Gasteiger partial charge in [0.2, 0.25) is 0 Å². The number of amides is 1. The molecule has 1 amide bonds.